The van der Waals surface area contributed by atoms with Gasteiger partial charge in [-0.2, -0.15) is 26.3 Å². The van der Waals surface area contributed by atoms with Gasteiger partial charge in [-0.05, 0) is 24.3 Å². The van der Waals surface area contributed by atoms with Crippen LogP contribution in [0.4, 0.5) is 26.3 Å². The van der Waals surface area contributed by atoms with Crippen LogP contribution in [0.15, 0.2) is 24.3 Å². The standard InChI is InChI=1S/C10H12N2O4.2C2HF3O2/c11-5-9(13)15-7-1-2-8(4-3-7)16-10(14)6-12;2*3-2(4,5)1(6)7/h1-4H,5-6,11-12H2;2*(H,6,7). The van der Waals surface area contributed by atoms with Crippen molar-refractivity contribution in [3.8, 4) is 11.5 Å². The minimum atomic E-state index is -5.08. The molecule has 1 rings (SSSR count). The molecule has 6 N–H and O–H groups in total. The van der Waals surface area contributed by atoms with Crippen molar-refractivity contribution >= 4 is 23.9 Å². The Morgan fingerprint density at radius 1 is 0.700 bits per heavy atom. The van der Waals surface area contributed by atoms with Gasteiger partial charge in [-0.25, -0.2) is 9.59 Å². The smallest absolute Gasteiger partial charge is 0.475 e. The van der Waals surface area contributed by atoms with Crippen molar-refractivity contribution in [2.75, 3.05) is 13.1 Å². The molecule has 0 fully saturated rings. The van der Waals surface area contributed by atoms with Crippen LogP contribution in [0.5, 0.6) is 11.5 Å². The number of esters is 2. The average molecular weight is 452 g/mol. The number of carbonyl (C=O) groups excluding carboxylic acids is 2. The Bertz CT molecular complexity index is 658. The Morgan fingerprint density at radius 3 is 1.03 bits per heavy atom. The Kier molecular flexibility index (Phi) is 12.4. The van der Waals surface area contributed by atoms with Crippen molar-refractivity contribution in [2.45, 2.75) is 12.4 Å². The highest BCUT2D eigenvalue weighted by Crippen LogP contribution is 2.17. The second-order valence-electron chi connectivity index (χ2n) is 4.43. The van der Waals surface area contributed by atoms with E-state index in [1.54, 1.807) is 0 Å². The second kappa shape index (κ2) is 12.9. The zero-order valence-electron chi connectivity index (χ0n) is 14.5. The van der Waals surface area contributed by atoms with Crippen molar-refractivity contribution in [2.24, 2.45) is 11.5 Å². The van der Waals surface area contributed by atoms with Crippen molar-refractivity contribution in [3.63, 3.8) is 0 Å². The van der Waals surface area contributed by atoms with Crippen LogP contribution in [-0.2, 0) is 19.2 Å². The maximum absolute atomic E-state index is 10.8. The lowest BCUT2D eigenvalue weighted by atomic mass is 10.3. The summed E-state index contributed by atoms with van der Waals surface area (Å²) in [5.41, 5.74) is 10.2. The van der Waals surface area contributed by atoms with Gasteiger partial charge in [-0.15, -0.1) is 0 Å². The molecule has 0 radical (unpaired) electrons. The fourth-order valence-corrected chi connectivity index (χ4v) is 0.922. The third-order valence-corrected chi connectivity index (χ3v) is 2.11. The minimum Gasteiger partial charge on any atom is -0.475 e. The van der Waals surface area contributed by atoms with Crippen LogP contribution in [0, 0.1) is 0 Å². The minimum absolute atomic E-state index is 0.191. The molecule has 0 aliphatic carbocycles. The first-order valence-electron chi connectivity index (χ1n) is 7.06. The van der Waals surface area contributed by atoms with Crippen LogP contribution in [0.25, 0.3) is 0 Å². The number of hydrogen-bond donors (Lipinski definition) is 4. The molecule has 0 aliphatic rings. The van der Waals surface area contributed by atoms with Gasteiger partial charge >= 0.3 is 36.2 Å². The molecule has 0 heterocycles. The van der Waals surface area contributed by atoms with Gasteiger partial charge in [0, 0.05) is 0 Å². The van der Waals surface area contributed by atoms with Gasteiger partial charge in [0.05, 0.1) is 13.1 Å². The fourth-order valence-electron chi connectivity index (χ4n) is 0.922. The Labute approximate surface area is 162 Å². The van der Waals surface area contributed by atoms with E-state index in [0.29, 0.717) is 11.5 Å². The topological polar surface area (TPSA) is 179 Å². The van der Waals surface area contributed by atoms with E-state index >= 15 is 0 Å². The van der Waals surface area contributed by atoms with E-state index in [4.69, 9.17) is 40.7 Å². The molecule has 0 bridgehead atoms. The maximum Gasteiger partial charge on any atom is 0.490 e. The van der Waals surface area contributed by atoms with Crippen molar-refractivity contribution in [1.82, 2.24) is 0 Å². The van der Waals surface area contributed by atoms with Gasteiger partial charge in [0.1, 0.15) is 11.5 Å². The Morgan fingerprint density at radius 2 is 0.900 bits per heavy atom. The average Bonchev–Trinajstić information content (AvgIpc) is 2.62. The predicted molar refractivity (Wildman–Crippen MR) is 83.2 cm³/mol. The van der Waals surface area contributed by atoms with E-state index in [9.17, 15) is 35.9 Å². The number of carboxylic acids is 2. The highest BCUT2D eigenvalue weighted by molar-refractivity contribution is 5.75. The van der Waals surface area contributed by atoms with Crippen LogP contribution in [0.2, 0.25) is 0 Å². The number of ether oxygens (including phenoxy) is 2. The number of carbonyl (C=O) groups is 4. The van der Waals surface area contributed by atoms with E-state index in [1.807, 2.05) is 0 Å². The van der Waals surface area contributed by atoms with Crippen LogP contribution >= 0.6 is 0 Å². The molecule has 10 nitrogen and oxygen atoms in total. The lowest BCUT2D eigenvalue weighted by Gasteiger charge is -2.04. The van der Waals surface area contributed by atoms with E-state index in [2.05, 4.69) is 0 Å². The number of rotatable bonds is 4. The number of hydrogen-bond acceptors (Lipinski definition) is 8. The molecule has 0 saturated heterocycles. The summed E-state index contributed by atoms with van der Waals surface area (Å²) in [6, 6.07) is 5.97. The van der Waals surface area contributed by atoms with Crippen LogP contribution in [0.1, 0.15) is 0 Å². The summed E-state index contributed by atoms with van der Waals surface area (Å²) < 4.78 is 73.1. The van der Waals surface area contributed by atoms with Crippen molar-refractivity contribution in [3.05, 3.63) is 24.3 Å². The molecule has 0 saturated carbocycles. The highest BCUT2D eigenvalue weighted by atomic mass is 19.4. The first-order valence-corrected chi connectivity index (χ1v) is 7.06. The molecule has 0 atom stereocenters. The molecule has 0 unspecified atom stereocenters. The molecule has 0 aromatic heterocycles. The predicted octanol–water partition coefficient (Wildman–Crippen LogP) is 0.681. The third-order valence-electron chi connectivity index (χ3n) is 2.11. The molecule has 0 spiro atoms. The van der Waals surface area contributed by atoms with Gasteiger partial charge in [0.15, 0.2) is 0 Å². The molecule has 1 aromatic carbocycles. The summed E-state index contributed by atoms with van der Waals surface area (Å²) in [6.07, 6.45) is -10.2. The molecule has 0 amide bonds. The van der Waals surface area contributed by atoms with Crippen molar-refractivity contribution in [1.29, 1.82) is 0 Å². The molecule has 170 valence electrons. The monoisotopic (exact) mass is 452 g/mol. The first kappa shape index (κ1) is 28.8. The maximum atomic E-state index is 10.8. The first-order chi connectivity index (χ1) is 13.5. The summed E-state index contributed by atoms with van der Waals surface area (Å²) >= 11 is 0. The van der Waals surface area contributed by atoms with Crippen LogP contribution in [-0.4, -0.2) is 59.5 Å². The van der Waals surface area contributed by atoms with Crippen LogP contribution in [0.3, 0.4) is 0 Å². The van der Waals surface area contributed by atoms with Gasteiger partial charge in [-0.1, -0.05) is 0 Å². The lowest BCUT2D eigenvalue weighted by Crippen LogP contribution is -2.21. The van der Waals surface area contributed by atoms with Gasteiger partial charge < -0.3 is 31.2 Å². The second-order valence-corrected chi connectivity index (χ2v) is 4.43. The number of benzene rings is 1. The molecule has 1 aromatic rings. The zero-order valence-corrected chi connectivity index (χ0v) is 14.5. The molecule has 0 aliphatic heterocycles. The number of carboxylic acid groups (broad SMARTS) is 2. The van der Waals surface area contributed by atoms with Crippen molar-refractivity contribution < 1.29 is 65.2 Å². The number of halogens is 6. The van der Waals surface area contributed by atoms with Crippen LogP contribution < -0.4 is 20.9 Å². The normalized spacial score (nSPS) is 10.4. The fraction of sp³-hybridized carbons (Fsp3) is 0.286. The Balaban J connectivity index is 0. The number of nitrogens with two attached hydrogens (primary N) is 2. The van der Waals surface area contributed by atoms with E-state index in [-0.39, 0.29) is 13.1 Å². The summed E-state index contributed by atoms with van der Waals surface area (Å²) in [7, 11) is 0. The highest BCUT2D eigenvalue weighted by Gasteiger charge is 2.38. The van der Waals surface area contributed by atoms with E-state index in [1.165, 1.54) is 24.3 Å². The number of alkyl halides is 6. The molecular weight excluding hydrogens is 438 g/mol. The van der Waals surface area contributed by atoms with Gasteiger partial charge in [-0.3, -0.25) is 9.59 Å². The Hall–Kier alpha value is -3.40. The summed E-state index contributed by atoms with van der Waals surface area (Å²) in [5, 5.41) is 14.2. The number of aliphatic carboxylic acids is 2. The summed E-state index contributed by atoms with van der Waals surface area (Å²) in [4.78, 5) is 39.5. The third kappa shape index (κ3) is 14.6. The largest absolute Gasteiger partial charge is 0.490 e. The molecule has 30 heavy (non-hydrogen) atoms. The van der Waals surface area contributed by atoms with E-state index in [0.717, 1.165) is 0 Å². The summed E-state index contributed by atoms with van der Waals surface area (Å²) in [6.45, 7) is -0.381. The zero-order chi connectivity index (χ0) is 24.1. The lowest BCUT2D eigenvalue weighted by molar-refractivity contribution is -0.193. The van der Waals surface area contributed by atoms with Gasteiger partial charge in [0.25, 0.3) is 0 Å². The SMILES string of the molecule is NCC(=O)Oc1ccc(OC(=O)CN)cc1.O=C(O)C(F)(F)F.O=C(O)C(F)(F)F. The molecule has 16 heteroatoms. The quantitative estimate of drug-likeness (QED) is 0.288. The molecular formula is C14H14F6N2O8. The summed E-state index contributed by atoms with van der Waals surface area (Å²) in [5.74, 6) is -5.91. The van der Waals surface area contributed by atoms with E-state index < -0.39 is 36.2 Å². The van der Waals surface area contributed by atoms with Gasteiger partial charge in [0.2, 0.25) is 0 Å².